The molecule has 0 spiro atoms. The topological polar surface area (TPSA) is 90.8 Å². The molecule has 0 saturated heterocycles. The van der Waals surface area contributed by atoms with Crippen molar-refractivity contribution in [1.82, 2.24) is 10.7 Å². The van der Waals surface area contributed by atoms with Crippen LogP contribution in [0.4, 0.5) is 0 Å². The van der Waals surface area contributed by atoms with E-state index in [1.165, 1.54) is 24.4 Å². The van der Waals surface area contributed by atoms with Gasteiger partial charge in [-0.2, -0.15) is 5.10 Å². The molecule has 0 atom stereocenters. The summed E-state index contributed by atoms with van der Waals surface area (Å²) in [7, 11) is 0. The quantitative estimate of drug-likeness (QED) is 0.321. The summed E-state index contributed by atoms with van der Waals surface area (Å²) in [5.74, 6) is -1.08. The molecule has 0 aliphatic rings. The Balaban J connectivity index is 1.79. The molecule has 7 heteroatoms. The van der Waals surface area contributed by atoms with Gasteiger partial charge in [-0.3, -0.25) is 9.59 Å². The average molecular weight is 420 g/mol. The zero-order chi connectivity index (χ0) is 21.3. The molecule has 3 rings (SSSR count). The maximum absolute atomic E-state index is 12.7. The maximum atomic E-state index is 12.7. The van der Waals surface area contributed by atoms with Crippen molar-refractivity contribution in [3.63, 3.8) is 0 Å². The lowest BCUT2D eigenvalue weighted by Crippen LogP contribution is -2.32. The molecular weight excluding hydrogens is 402 g/mol. The highest BCUT2D eigenvalue weighted by Crippen LogP contribution is 2.19. The smallest absolute Gasteiger partial charge is 0.287 e. The van der Waals surface area contributed by atoms with Crippen LogP contribution in [-0.4, -0.2) is 23.1 Å². The number of carbonyl (C=O) groups excluding carboxylic acids is 2. The van der Waals surface area contributed by atoms with Crippen LogP contribution in [0.3, 0.4) is 0 Å². The van der Waals surface area contributed by atoms with Crippen molar-refractivity contribution in [1.29, 1.82) is 0 Å². The van der Waals surface area contributed by atoms with Gasteiger partial charge in [0.25, 0.3) is 11.8 Å². The van der Waals surface area contributed by atoms with Crippen LogP contribution in [0.25, 0.3) is 6.08 Å². The Bertz CT molecular complexity index is 1100. The van der Waals surface area contributed by atoms with Gasteiger partial charge in [-0.25, -0.2) is 5.43 Å². The minimum absolute atomic E-state index is 0.0162. The van der Waals surface area contributed by atoms with Crippen LogP contribution in [0.15, 0.2) is 89.7 Å². The first-order chi connectivity index (χ1) is 14.5. The summed E-state index contributed by atoms with van der Waals surface area (Å²) in [6, 6.07) is 22.1. The third-order valence-electron chi connectivity index (χ3n) is 4.00. The van der Waals surface area contributed by atoms with Gasteiger partial charge in [-0.15, -0.1) is 0 Å². The van der Waals surface area contributed by atoms with Gasteiger partial charge in [0.15, 0.2) is 0 Å². The van der Waals surface area contributed by atoms with Crippen LogP contribution in [0.5, 0.6) is 5.75 Å². The zero-order valence-electron chi connectivity index (χ0n) is 15.7. The van der Waals surface area contributed by atoms with Crippen LogP contribution in [0, 0.1) is 0 Å². The standard InChI is InChI=1S/C23H18ClN3O3/c24-19-11-12-21(28)18(14-19)15-25-27-23(30)20(13-16-7-3-1-4-8-16)26-22(29)17-9-5-2-6-10-17/h1-15,28H,(H,26,29)(H,27,30)/b20-13?,25-15+. The molecule has 0 aromatic heterocycles. The second-order valence-corrected chi connectivity index (χ2v) is 6.63. The fourth-order valence-corrected chi connectivity index (χ4v) is 2.69. The van der Waals surface area contributed by atoms with E-state index in [1.807, 2.05) is 18.2 Å². The predicted octanol–water partition coefficient (Wildman–Crippen LogP) is 3.97. The molecule has 3 aromatic rings. The molecule has 0 unspecified atom stereocenters. The molecule has 0 radical (unpaired) electrons. The van der Waals surface area contributed by atoms with Crippen molar-refractivity contribution < 1.29 is 14.7 Å². The summed E-state index contributed by atoms with van der Waals surface area (Å²) in [6.45, 7) is 0. The summed E-state index contributed by atoms with van der Waals surface area (Å²) in [4.78, 5) is 25.2. The van der Waals surface area contributed by atoms with Gasteiger partial charge in [0, 0.05) is 16.1 Å². The number of nitrogens with zero attached hydrogens (tertiary/aromatic N) is 1. The lowest BCUT2D eigenvalue weighted by Gasteiger charge is -2.09. The number of rotatable bonds is 6. The molecule has 30 heavy (non-hydrogen) atoms. The zero-order valence-corrected chi connectivity index (χ0v) is 16.5. The molecule has 0 bridgehead atoms. The first kappa shape index (κ1) is 20.8. The Labute approximate surface area is 178 Å². The number of hydrogen-bond acceptors (Lipinski definition) is 4. The fraction of sp³-hybridized carbons (Fsp3) is 0. The van der Waals surface area contributed by atoms with Crippen molar-refractivity contribution >= 4 is 35.7 Å². The Kier molecular flexibility index (Phi) is 6.97. The van der Waals surface area contributed by atoms with Gasteiger partial charge in [0.1, 0.15) is 11.4 Å². The monoisotopic (exact) mass is 419 g/mol. The molecule has 0 aliphatic heterocycles. The molecule has 0 saturated carbocycles. The summed E-state index contributed by atoms with van der Waals surface area (Å²) < 4.78 is 0. The number of amides is 2. The van der Waals surface area contributed by atoms with Gasteiger partial charge >= 0.3 is 0 Å². The van der Waals surface area contributed by atoms with E-state index in [-0.39, 0.29) is 11.4 Å². The third-order valence-corrected chi connectivity index (χ3v) is 4.23. The van der Waals surface area contributed by atoms with E-state index < -0.39 is 11.8 Å². The van der Waals surface area contributed by atoms with Crippen LogP contribution in [0.1, 0.15) is 21.5 Å². The number of nitrogens with one attached hydrogen (secondary N) is 2. The highest BCUT2D eigenvalue weighted by Gasteiger charge is 2.14. The van der Waals surface area contributed by atoms with E-state index in [0.29, 0.717) is 16.1 Å². The van der Waals surface area contributed by atoms with E-state index in [9.17, 15) is 14.7 Å². The van der Waals surface area contributed by atoms with Crippen molar-refractivity contribution in [2.24, 2.45) is 5.10 Å². The van der Waals surface area contributed by atoms with Crippen LogP contribution < -0.4 is 10.7 Å². The molecule has 6 nitrogen and oxygen atoms in total. The third kappa shape index (κ3) is 5.80. The molecule has 3 N–H and O–H groups in total. The number of hydrogen-bond donors (Lipinski definition) is 3. The first-order valence-corrected chi connectivity index (χ1v) is 9.36. The summed E-state index contributed by atoms with van der Waals surface area (Å²) in [5.41, 5.74) is 3.84. The van der Waals surface area contributed by atoms with Crippen molar-refractivity contribution in [3.8, 4) is 5.75 Å². The van der Waals surface area contributed by atoms with Crippen LogP contribution in [-0.2, 0) is 4.79 Å². The van der Waals surface area contributed by atoms with Crippen LogP contribution >= 0.6 is 11.6 Å². The van der Waals surface area contributed by atoms with Crippen LogP contribution in [0.2, 0.25) is 5.02 Å². The van der Waals surface area contributed by atoms with Crippen molar-refractivity contribution in [2.45, 2.75) is 0 Å². The van der Waals surface area contributed by atoms with Gasteiger partial charge in [0.05, 0.1) is 6.21 Å². The SMILES string of the molecule is O=C(N/N=C/c1cc(Cl)ccc1O)C(=Cc1ccccc1)NC(=O)c1ccccc1. The number of halogens is 1. The van der Waals surface area contributed by atoms with Gasteiger partial charge in [-0.05, 0) is 42.0 Å². The Morgan fingerprint density at radius 3 is 2.30 bits per heavy atom. The van der Waals surface area contributed by atoms with E-state index in [1.54, 1.807) is 48.5 Å². The largest absolute Gasteiger partial charge is 0.507 e. The number of hydrazone groups is 1. The predicted molar refractivity (Wildman–Crippen MR) is 117 cm³/mol. The summed E-state index contributed by atoms with van der Waals surface area (Å²) >= 11 is 5.90. The molecule has 0 fully saturated rings. The molecule has 0 heterocycles. The summed E-state index contributed by atoms with van der Waals surface area (Å²) in [5, 5.41) is 16.7. The van der Waals surface area contributed by atoms with E-state index >= 15 is 0 Å². The van der Waals surface area contributed by atoms with E-state index in [0.717, 1.165) is 5.56 Å². The number of phenols is 1. The summed E-state index contributed by atoms with van der Waals surface area (Å²) in [6.07, 6.45) is 2.81. The highest BCUT2D eigenvalue weighted by molar-refractivity contribution is 6.30. The lowest BCUT2D eigenvalue weighted by atomic mass is 10.1. The Morgan fingerprint density at radius 2 is 1.60 bits per heavy atom. The second kappa shape index (κ2) is 10.0. The minimum Gasteiger partial charge on any atom is -0.507 e. The number of benzene rings is 3. The second-order valence-electron chi connectivity index (χ2n) is 6.19. The van der Waals surface area contributed by atoms with Crippen molar-refractivity contribution in [2.75, 3.05) is 0 Å². The molecule has 150 valence electrons. The van der Waals surface area contributed by atoms with Gasteiger partial charge in [-0.1, -0.05) is 60.1 Å². The van der Waals surface area contributed by atoms with Crippen molar-refractivity contribution in [3.05, 3.63) is 106 Å². The molecular formula is C23H18ClN3O3. The van der Waals surface area contributed by atoms with Gasteiger partial charge in [0.2, 0.25) is 0 Å². The normalized spacial score (nSPS) is 11.3. The minimum atomic E-state index is -0.624. The maximum Gasteiger partial charge on any atom is 0.287 e. The van der Waals surface area contributed by atoms with E-state index in [2.05, 4.69) is 15.8 Å². The Morgan fingerprint density at radius 1 is 0.933 bits per heavy atom. The van der Waals surface area contributed by atoms with Gasteiger partial charge < -0.3 is 10.4 Å². The highest BCUT2D eigenvalue weighted by atomic mass is 35.5. The Hall–Kier alpha value is -3.90. The average Bonchev–Trinajstić information content (AvgIpc) is 2.77. The molecule has 3 aromatic carbocycles. The fourth-order valence-electron chi connectivity index (χ4n) is 2.51. The number of phenolic OH excluding ortho intramolecular Hbond substituents is 1. The number of aromatic hydroxyl groups is 1. The molecule has 2 amide bonds. The lowest BCUT2D eigenvalue weighted by molar-refractivity contribution is -0.117. The molecule has 0 aliphatic carbocycles. The first-order valence-electron chi connectivity index (χ1n) is 8.98. The van der Waals surface area contributed by atoms with E-state index in [4.69, 9.17) is 11.6 Å². The number of carbonyl (C=O) groups is 2.